The summed E-state index contributed by atoms with van der Waals surface area (Å²) in [5.41, 5.74) is 0. The Morgan fingerprint density at radius 3 is 1.77 bits per heavy atom. The Bertz CT molecular complexity index is 884. The topological polar surface area (TPSA) is 276 Å². The quantitative estimate of drug-likeness (QED) is 0.106. The van der Waals surface area contributed by atoms with Gasteiger partial charge in [-0.25, -0.2) is 0 Å². The van der Waals surface area contributed by atoms with E-state index in [1.54, 1.807) is 6.92 Å². The number of aliphatic hydroxyl groups is 10. The van der Waals surface area contributed by atoms with Crippen molar-refractivity contribution in [3.63, 3.8) is 0 Å². The Hall–Kier alpha value is -0.720. The van der Waals surface area contributed by atoms with Gasteiger partial charge in [0.1, 0.15) is 73.2 Å². The van der Waals surface area contributed by atoms with E-state index in [4.69, 9.17) is 37.9 Å². The first-order chi connectivity index (χ1) is 20.8. The summed E-state index contributed by atoms with van der Waals surface area (Å²) in [6.07, 6.45) is -25.2. The van der Waals surface area contributed by atoms with Crippen LogP contribution in [-0.2, 0) is 37.9 Å². The minimum Gasteiger partial charge on any atom is -0.394 e. The molecule has 12 unspecified atom stereocenters. The van der Waals surface area contributed by atoms with Crippen molar-refractivity contribution in [1.82, 2.24) is 0 Å². The minimum absolute atomic E-state index is 0.0389. The predicted molar refractivity (Wildman–Crippen MR) is 139 cm³/mol. The normalized spacial score (nSPS) is 52.2. The van der Waals surface area contributed by atoms with Crippen molar-refractivity contribution in [2.75, 3.05) is 26.9 Å². The van der Waals surface area contributed by atoms with E-state index < -0.39 is 130 Å². The molecule has 4 heterocycles. The van der Waals surface area contributed by atoms with Gasteiger partial charge in [0, 0.05) is 13.5 Å². The summed E-state index contributed by atoms with van der Waals surface area (Å²) < 4.78 is 44.7. The highest BCUT2D eigenvalue weighted by atomic mass is 16.7. The van der Waals surface area contributed by atoms with Crippen LogP contribution in [0.15, 0.2) is 0 Å². The Morgan fingerprint density at radius 1 is 0.568 bits per heavy atom. The molecule has 0 aromatic rings. The third-order valence-corrected chi connectivity index (χ3v) is 8.53. The molecule has 0 aromatic carbocycles. The van der Waals surface area contributed by atoms with Gasteiger partial charge in [0.25, 0.3) is 0 Å². The summed E-state index contributed by atoms with van der Waals surface area (Å²) in [6, 6.07) is 0. The molecule has 0 aromatic heterocycles. The third-order valence-electron chi connectivity index (χ3n) is 8.53. The van der Waals surface area contributed by atoms with Crippen LogP contribution >= 0.6 is 0 Å². The van der Waals surface area contributed by atoms with Gasteiger partial charge in [-0.2, -0.15) is 0 Å². The molecular weight excluding hydrogens is 600 g/mol. The fraction of sp³-hybridized carbons (Fsp3) is 1.00. The minimum atomic E-state index is -1.72. The van der Waals surface area contributed by atoms with Crippen LogP contribution in [0.25, 0.3) is 0 Å². The molecule has 258 valence electrons. The van der Waals surface area contributed by atoms with Gasteiger partial charge in [0.15, 0.2) is 18.9 Å². The lowest BCUT2D eigenvalue weighted by Gasteiger charge is -2.47. The van der Waals surface area contributed by atoms with E-state index in [2.05, 4.69) is 0 Å². The highest BCUT2D eigenvalue weighted by Gasteiger charge is 2.52. The fourth-order valence-corrected chi connectivity index (χ4v) is 5.83. The van der Waals surface area contributed by atoms with Gasteiger partial charge >= 0.3 is 0 Å². The summed E-state index contributed by atoms with van der Waals surface area (Å²) in [7, 11) is 1.28. The van der Waals surface area contributed by atoms with Gasteiger partial charge in [-0.1, -0.05) is 0 Å². The molecule has 44 heavy (non-hydrogen) atoms. The molecule has 18 nitrogen and oxygen atoms in total. The zero-order valence-corrected chi connectivity index (χ0v) is 24.5. The zero-order valence-electron chi connectivity index (χ0n) is 24.5. The summed E-state index contributed by atoms with van der Waals surface area (Å²) >= 11 is 0. The molecule has 19 atom stereocenters. The van der Waals surface area contributed by atoms with Crippen LogP contribution < -0.4 is 0 Å². The Kier molecular flexibility index (Phi) is 12.7. The van der Waals surface area contributed by atoms with E-state index in [0.29, 0.717) is 0 Å². The molecule has 4 saturated heterocycles. The first kappa shape index (κ1) is 36.1. The molecule has 0 amide bonds. The molecule has 4 fully saturated rings. The Labute approximate surface area is 253 Å². The number of rotatable bonds is 10. The molecule has 0 radical (unpaired) electrons. The molecule has 18 heteroatoms. The van der Waals surface area contributed by atoms with Crippen LogP contribution in [0.3, 0.4) is 0 Å². The van der Waals surface area contributed by atoms with E-state index in [-0.39, 0.29) is 13.0 Å². The highest BCUT2D eigenvalue weighted by molar-refractivity contribution is 4.95. The monoisotopic (exact) mass is 646 g/mol. The number of hydrogen-bond acceptors (Lipinski definition) is 18. The number of aliphatic hydroxyl groups excluding tert-OH is 10. The van der Waals surface area contributed by atoms with Crippen LogP contribution in [0.5, 0.6) is 0 Å². The van der Waals surface area contributed by atoms with Crippen molar-refractivity contribution in [1.29, 1.82) is 0 Å². The van der Waals surface area contributed by atoms with Crippen molar-refractivity contribution < 1.29 is 89.0 Å². The maximum atomic E-state index is 11.1. The van der Waals surface area contributed by atoms with E-state index in [1.165, 1.54) is 14.0 Å². The van der Waals surface area contributed by atoms with Crippen molar-refractivity contribution >= 4 is 0 Å². The second kappa shape index (κ2) is 15.5. The lowest BCUT2D eigenvalue weighted by Crippen LogP contribution is -2.65. The van der Waals surface area contributed by atoms with Gasteiger partial charge in [-0.3, -0.25) is 0 Å². The molecule has 0 spiro atoms. The molecule has 10 N–H and O–H groups in total. The van der Waals surface area contributed by atoms with E-state index in [9.17, 15) is 51.1 Å². The van der Waals surface area contributed by atoms with E-state index >= 15 is 0 Å². The molecule has 0 bridgehead atoms. The molecule has 4 aliphatic rings. The standard InChI is InChI=1S/C26H46O18/c1-8-14(29)11(4-10(39-8)7-38-24-19(34)18(33)16(31)12(5-27)42-24)41-26-21(36)23(17(32)13(6-28)43-26)44-25-20(35)22(37-3)15(30)9(2)40-25/h8-36H,4-7H2,1-3H3/t8-,9?,10?,11?,12?,13?,14?,15+,16+,17+,18?,19?,20?,21?,22?,23?,24+,25-,26+/m0/s1. The summed E-state index contributed by atoms with van der Waals surface area (Å²) in [5.74, 6) is 0. The van der Waals surface area contributed by atoms with Gasteiger partial charge in [0.2, 0.25) is 0 Å². The second-order valence-corrected chi connectivity index (χ2v) is 11.6. The van der Waals surface area contributed by atoms with Gasteiger partial charge in [0.05, 0.1) is 44.2 Å². The van der Waals surface area contributed by atoms with Crippen molar-refractivity contribution in [3.05, 3.63) is 0 Å². The number of hydrogen-bond donors (Lipinski definition) is 10. The zero-order chi connectivity index (χ0) is 32.5. The SMILES string of the molecule is COC1C(O)[C@H](OC2C(O)[C@H](OC3CC(CO[C@@H]4OC(CO)[C@@H](O)C(O)C4O)O[C@@H](C)C3O)OC(CO)[C@H]2O)OC(C)[C@H]1O. The Morgan fingerprint density at radius 2 is 1.14 bits per heavy atom. The second-order valence-electron chi connectivity index (χ2n) is 11.6. The fourth-order valence-electron chi connectivity index (χ4n) is 5.83. The van der Waals surface area contributed by atoms with Crippen molar-refractivity contribution in [2.45, 2.75) is 137 Å². The van der Waals surface area contributed by atoms with Gasteiger partial charge in [-0.15, -0.1) is 0 Å². The van der Waals surface area contributed by atoms with Gasteiger partial charge < -0.3 is 89.0 Å². The maximum absolute atomic E-state index is 11.1. The van der Waals surface area contributed by atoms with Crippen LogP contribution in [-0.4, -0.2) is 195 Å². The summed E-state index contributed by atoms with van der Waals surface area (Å²) in [4.78, 5) is 0. The third kappa shape index (κ3) is 7.53. The Balaban J connectivity index is 1.41. The van der Waals surface area contributed by atoms with E-state index in [0.717, 1.165) is 0 Å². The predicted octanol–water partition coefficient (Wildman–Crippen LogP) is -5.97. The molecule has 0 saturated carbocycles. The smallest absolute Gasteiger partial charge is 0.187 e. The molecule has 4 aliphatic heterocycles. The van der Waals surface area contributed by atoms with Crippen molar-refractivity contribution in [3.8, 4) is 0 Å². The molecule has 0 aliphatic carbocycles. The van der Waals surface area contributed by atoms with Crippen LogP contribution in [0.1, 0.15) is 20.3 Å². The summed E-state index contributed by atoms with van der Waals surface area (Å²) in [5, 5.41) is 103. The number of methoxy groups -OCH3 is 1. The largest absolute Gasteiger partial charge is 0.394 e. The van der Waals surface area contributed by atoms with Crippen LogP contribution in [0.4, 0.5) is 0 Å². The maximum Gasteiger partial charge on any atom is 0.187 e. The lowest BCUT2D eigenvalue weighted by molar-refractivity contribution is -0.368. The number of ether oxygens (including phenoxy) is 8. The highest BCUT2D eigenvalue weighted by Crippen LogP contribution is 2.33. The molecular formula is C26H46O18. The average Bonchev–Trinajstić information content (AvgIpc) is 3.00. The average molecular weight is 647 g/mol. The summed E-state index contributed by atoms with van der Waals surface area (Å²) in [6.45, 7) is 1.49. The van der Waals surface area contributed by atoms with Crippen LogP contribution in [0.2, 0.25) is 0 Å². The molecule has 4 rings (SSSR count). The van der Waals surface area contributed by atoms with Crippen LogP contribution in [0, 0.1) is 0 Å². The lowest BCUT2D eigenvalue weighted by atomic mass is 9.96. The first-order valence-corrected chi connectivity index (χ1v) is 14.6. The van der Waals surface area contributed by atoms with Crippen molar-refractivity contribution in [2.24, 2.45) is 0 Å². The van der Waals surface area contributed by atoms with E-state index in [1.807, 2.05) is 0 Å². The first-order valence-electron chi connectivity index (χ1n) is 14.6. The van der Waals surface area contributed by atoms with Gasteiger partial charge in [-0.05, 0) is 13.8 Å².